The number of hydrogen-bond acceptors (Lipinski definition) is 3. The van der Waals surface area contributed by atoms with Gasteiger partial charge in [-0.1, -0.05) is 24.6 Å². The van der Waals surface area contributed by atoms with Crippen LogP contribution in [0.2, 0.25) is 5.02 Å². The molecule has 1 rings (SSSR count). The Balaban J connectivity index is 2.42. The molecule has 0 atom stereocenters. The summed E-state index contributed by atoms with van der Waals surface area (Å²) in [6.07, 6.45) is 0.613. The van der Waals surface area contributed by atoms with Crippen molar-refractivity contribution in [2.45, 2.75) is 13.3 Å². The van der Waals surface area contributed by atoms with Gasteiger partial charge in [-0.15, -0.1) is 0 Å². The van der Waals surface area contributed by atoms with Crippen LogP contribution < -0.4 is 4.74 Å². The number of benzene rings is 1. The minimum absolute atomic E-state index is 0.167. The van der Waals surface area contributed by atoms with Crippen LogP contribution in [0, 0.1) is 0 Å². The molecular formula is C12H18ClNO3S. The maximum absolute atomic E-state index is 11.7. The van der Waals surface area contributed by atoms with Crippen LogP contribution in [-0.2, 0) is 10.0 Å². The highest BCUT2D eigenvalue weighted by Crippen LogP contribution is 2.16. The Morgan fingerprint density at radius 2 is 2.11 bits per heavy atom. The van der Waals surface area contributed by atoms with Gasteiger partial charge in [-0.25, -0.2) is 12.7 Å². The largest absolute Gasteiger partial charge is 0.492 e. The van der Waals surface area contributed by atoms with Gasteiger partial charge >= 0.3 is 0 Å². The van der Waals surface area contributed by atoms with Crippen molar-refractivity contribution in [2.24, 2.45) is 0 Å². The van der Waals surface area contributed by atoms with Crippen molar-refractivity contribution < 1.29 is 13.2 Å². The lowest BCUT2D eigenvalue weighted by Crippen LogP contribution is -2.32. The van der Waals surface area contributed by atoms with Crippen molar-refractivity contribution in [3.05, 3.63) is 29.3 Å². The van der Waals surface area contributed by atoms with Crippen LogP contribution in [0.5, 0.6) is 5.75 Å². The van der Waals surface area contributed by atoms with Gasteiger partial charge in [-0.2, -0.15) is 0 Å². The van der Waals surface area contributed by atoms with Gasteiger partial charge in [0.05, 0.1) is 5.75 Å². The second-order valence-corrected chi connectivity index (χ2v) is 6.58. The molecule has 0 heterocycles. The zero-order valence-electron chi connectivity index (χ0n) is 10.6. The third-order valence-corrected chi connectivity index (χ3v) is 4.70. The quantitative estimate of drug-likeness (QED) is 0.775. The first-order chi connectivity index (χ1) is 8.45. The van der Waals surface area contributed by atoms with E-state index < -0.39 is 10.0 Å². The molecule has 0 radical (unpaired) electrons. The lowest BCUT2D eigenvalue weighted by molar-refractivity contribution is 0.287. The molecule has 0 aliphatic carbocycles. The Kier molecular flexibility index (Phi) is 5.91. The van der Waals surface area contributed by atoms with E-state index in [0.29, 0.717) is 30.3 Å². The zero-order chi connectivity index (χ0) is 13.6. The molecule has 0 spiro atoms. The third-order valence-electron chi connectivity index (χ3n) is 2.41. The van der Waals surface area contributed by atoms with Gasteiger partial charge in [0.1, 0.15) is 12.4 Å². The molecule has 6 heteroatoms. The van der Waals surface area contributed by atoms with Gasteiger partial charge in [-0.05, 0) is 24.6 Å². The van der Waals surface area contributed by atoms with E-state index in [1.807, 2.05) is 6.92 Å². The first-order valence-electron chi connectivity index (χ1n) is 5.78. The van der Waals surface area contributed by atoms with Crippen LogP contribution in [0.1, 0.15) is 13.3 Å². The summed E-state index contributed by atoms with van der Waals surface area (Å²) in [4.78, 5) is 0. The van der Waals surface area contributed by atoms with Crippen molar-refractivity contribution in [3.8, 4) is 5.75 Å². The summed E-state index contributed by atoms with van der Waals surface area (Å²) >= 11 is 5.81. The monoisotopic (exact) mass is 291 g/mol. The molecule has 0 aliphatic heterocycles. The molecule has 0 aromatic heterocycles. The van der Waals surface area contributed by atoms with E-state index in [9.17, 15) is 8.42 Å². The Labute approximate surface area is 114 Å². The van der Waals surface area contributed by atoms with Gasteiger partial charge in [0, 0.05) is 18.6 Å². The maximum atomic E-state index is 11.7. The molecule has 0 saturated heterocycles. The lowest BCUT2D eigenvalue weighted by atomic mass is 10.3. The Hall–Kier alpha value is -0.780. The smallest absolute Gasteiger partial charge is 0.213 e. The van der Waals surface area contributed by atoms with Gasteiger partial charge in [0.25, 0.3) is 0 Å². The highest BCUT2D eigenvalue weighted by Gasteiger charge is 2.15. The number of hydrogen-bond donors (Lipinski definition) is 0. The minimum atomic E-state index is -3.15. The number of sulfonamides is 1. The first kappa shape index (κ1) is 15.3. The van der Waals surface area contributed by atoms with E-state index in [1.165, 1.54) is 4.31 Å². The zero-order valence-corrected chi connectivity index (χ0v) is 12.2. The van der Waals surface area contributed by atoms with Crippen LogP contribution in [0.3, 0.4) is 0 Å². The fourth-order valence-corrected chi connectivity index (χ4v) is 2.76. The Morgan fingerprint density at radius 3 is 2.72 bits per heavy atom. The van der Waals surface area contributed by atoms with Crippen LogP contribution in [0.4, 0.5) is 0 Å². The average Bonchev–Trinajstić information content (AvgIpc) is 2.28. The first-order valence-corrected chi connectivity index (χ1v) is 7.77. The molecular weight excluding hydrogens is 274 g/mol. The number of nitrogens with zero attached hydrogens (tertiary/aromatic N) is 1. The van der Waals surface area contributed by atoms with Crippen LogP contribution >= 0.6 is 11.6 Å². The molecule has 0 fully saturated rings. The van der Waals surface area contributed by atoms with E-state index in [4.69, 9.17) is 16.3 Å². The molecule has 0 bridgehead atoms. The molecule has 1 aromatic carbocycles. The predicted octanol–water partition coefficient (Wildman–Crippen LogP) is 2.39. The van der Waals surface area contributed by atoms with Crippen LogP contribution in [-0.4, -0.2) is 38.7 Å². The molecule has 0 unspecified atom stereocenters. The van der Waals surface area contributed by atoms with E-state index in [0.717, 1.165) is 0 Å². The summed E-state index contributed by atoms with van der Waals surface area (Å²) in [7, 11) is -1.58. The Morgan fingerprint density at radius 1 is 1.39 bits per heavy atom. The molecule has 0 N–H and O–H groups in total. The van der Waals surface area contributed by atoms with Gasteiger partial charge < -0.3 is 4.74 Å². The molecule has 1 aromatic rings. The number of halogens is 1. The molecule has 18 heavy (non-hydrogen) atoms. The molecule has 0 saturated carbocycles. The van der Waals surface area contributed by atoms with E-state index in [1.54, 1.807) is 31.3 Å². The summed E-state index contributed by atoms with van der Waals surface area (Å²) in [6, 6.07) is 7.02. The van der Waals surface area contributed by atoms with Crippen molar-refractivity contribution in [1.29, 1.82) is 0 Å². The number of rotatable bonds is 7. The van der Waals surface area contributed by atoms with Crippen molar-refractivity contribution in [1.82, 2.24) is 4.31 Å². The van der Waals surface area contributed by atoms with Crippen LogP contribution in [0.15, 0.2) is 24.3 Å². The van der Waals surface area contributed by atoms with Gasteiger partial charge in [-0.3, -0.25) is 0 Å². The lowest BCUT2D eigenvalue weighted by Gasteiger charge is -2.16. The topological polar surface area (TPSA) is 46.6 Å². The van der Waals surface area contributed by atoms with E-state index >= 15 is 0 Å². The van der Waals surface area contributed by atoms with Gasteiger partial charge in [0.2, 0.25) is 10.0 Å². The second-order valence-electron chi connectivity index (χ2n) is 3.94. The number of likely N-dealkylation sites (N-methyl/N-ethyl adjacent to an activating group) is 1. The normalized spacial score (nSPS) is 11.8. The maximum Gasteiger partial charge on any atom is 0.213 e. The van der Waals surface area contributed by atoms with Crippen molar-refractivity contribution in [2.75, 3.05) is 26.0 Å². The minimum Gasteiger partial charge on any atom is -0.492 e. The summed E-state index contributed by atoms with van der Waals surface area (Å²) in [5.74, 6) is 0.810. The Bertz CT molecular complexity index is 476. The standard InChI is InChI=1S/C12H18ClNO3S/c1-3-9-18(15,16)14(2)7-8-17-12-6-4-5-11(13)10-12/h4-6,10H,3,7-9H2,1-2H3. The SMILES string of the molecule is CCCS(=O)(=O)N(C)CCOc1cccc(Cl)c1. The summed E-state index contributed by atoms with van der Waals surface area (Å²) in [5, 5.41) is 0.597. The molecule has 0 amide bonds. The summed E-state index contributed by atoms with van der Waals surface area (Å²) in [6.45, 7) is 2.47. The highest BCUT2D eigenvalue weighted by molar-refractivity contribution is 7.89. The fourth-order valence-electron chi connectivity index (χ4n) is 1.40. The number of ether oxygens (including phenoxy) is 1. The van der Waals surface area contributed by atoms with Crippen LogP contribution in [0.25, 0.3) is 0 Å². The molecule has 102 valence electrons. The van der Waals surface area contributed by atoms with E-state index in [-0.39, 0.29) is 5.75 Å². The molecule has 4 nitrogen and oxygen atoms in total. The fraction of sp³-hybridized carbons (Fsp3) is 0.500. The average molecular weight is 292 g/mol. The summed E-state index contributed by atoms with van der Waals surface area (Å²) in [5.41, 5.74) is 0. The molecule has 0 aliphatic rings. The van der Waals surface area contributed by atoms with Crippen molar-refractivity contribution in [3.63, 3.8) is 0 Å². The summed E-state index contributed by atoms with van der Waals surface area (Å²) < 4.78 is 30.1. The predicted molar refractivity (Wildman–Crippen MR) is 73.7 cm³/mol. The van der Waals surface area contributed by atoms with Crippen molar-refractivity contribution >= 4 is 21.6 Å². The van der Waals surface area contributed by atoms with E-state index in [2.05, 4.69) is 0 Å². The second kappa shape index (κ2) is 6.97. The third kappa shape index (κ3) is 4.84. The highest BCUT2D eigenvalue weighted by atomic mass is 35.5. The van der Waals surface area contributed by atoms with Gasteiger partial charge in [0.15, 0.2) is 0 Å².